The highest BCUT2D eigenvalue weighted by molar-refractivity contribution is 5.87. The molecular formula is C43H48N8O5. The van der Waals surface area contributed by atoms with E-state index < -0.39 is 12.1 Å². The molecule has 5 aromatic rings. The third-order valence-electron chi connectivity index (χ3n) is 10.6. The van der Waals surface area contributed by atoms with Gasteiger partial charge in [-0.3, -0.25) is 14.9 Å². The molecule has 0 spiro atoms. The number of nitrogens with one attached hydrogen (secondary N) is 4. The average molecular weight is 757 g/mol. The summed E-state index contributed by atoms with van der Waals surface area (Å²) < 4.78 is 10.0. The highest BCUT2D eigenvalue weighted by atomic mass is 16.5. The summed E-state index contributed by atoms with van der Waals surface area (Å²) in [6.45, 7) is 5.65. The molecule has 2 saturated heterocycles. The lowest BCUT2D eigenvalue weighted by Gasteiger charge is -2.30. The average Bonchev–Trinajstić information content (AvgIpc) is 4.05. The molecule has 13 nitrogen and oxygen atoms in total. The summed E-state index contributed by atoms with van der Waals surface area (Å²) in [6, 6.07) is 21.8. The van der Waals surface area contributed by atoms with Gasteiger partial charge in [-0.2, -0.15) is 0 Å². The zero-order chi connectivity index (χ0) is 39.2. The Morgan fingerprint density at radius 3 is 2.25 bits per heavy atom. The normalized spacial score (nSPS) is 17.8. The van der Waals surface area contributed by atoms with Crippen LogP contribution in [0.3, 0.4) is 0 Å². The topological polar surface area (TPSA) is 158 Å². The van der Waals surface area contributed by atoms with Gasteiger partial charge in [-0.1, -0.05) is 68.3 Å². The van der Waals surface area contributed by atoms with Crippen molar-refractivity contribution in [2.75, 3.05) is 34.0 Å². The van der Waals surface area contributed by atoms with Crippen LogP contribution in [-0.2, 0) is 19.1 Å². The number of imidazole rings is 2. The number of carbonyl (C=O) groups excluding carboxylic acids is 3. The van der Waals surface area contributed by atoms with E-state index in [1.807, 2.05) is 79.4 Å². The number of fused-ring (bicyclic) bond motifs is 1. The van der Waals surface area contributed by atoms with Gasteiger partial charge in [-0.25, -0.2) is 14.8 Å². The number of ether oxygens (including phenoxy) is 2. The second-order valence-electron chi connectivity index (χ2n) is 14.6. The van der Waals surface area contributed by atoms with Crippen LogP contribution in [0.15, 0.2) is 79.0 Å². The molecule has 56 heavy (non-hydrogen) atoms. The molecule has 3 aromatic carbocycles. The molecule has 13 heteroatoms. The number of rotatable bonds is 11. The van der Waals surface area contributed by atoms with Crippen molar-refractivity contribution < 1.29 is 23.9 Å². The first kappa shape index (κ1) is 38.3. The van der Waals surface area contributed by atoms with E-state index in [1.165, 1.54) is 7.11 Å². The second kappa shape index (κ2) is 17.2. The van der Waals surface area contributed by atoms with E-state index in [1.54, 1.807) is 18.2 Å². The first-order chi connectivity index (χ1) is 27.2. The maximum atomic E-state index is 13.8. The van der Waals surface area contributed by atoms with Crippen molar-refractivity contribution in [1.82, 2.24) is 40.4 Å². The summed E-state index contributed by atoms with van der Waals surface area (Å²) in [6.07, 6.45) is 4.36. The molecule has 0 saturated carbocycles. The summed E-state index contributed by atoms with van der Waals surface area (Å²) in [5.41, 5.74) is 6.03. The molecule has 0 radical (unpaired) electrons. The Kier molecular flexibility index (Phi) is 11.8. The summed E-state index contributed by atoms with van der Waals surface area (Å²) in [4.78, 5) is 59.6. The van der Waals surface area contributed by atoms with Crippen LogP contribution in [0.2, 0.25) is 0 Å². The first-order valence-electron chi connectivity index (χ1n) is 19.1. The molecule has 2 fully saturated rings. The third-order valence-corrected chi connectivity index (χ3v) is 10.6. The van der Waals surface area contributed by atoms with E-state index in [4.69, 9.17) is 14.5 Å². The number of aromatic amines is 2. The lowest BCUT2D eigenvalue weighted by molar-refractivity contribution is -0.136. The Balaban J connectivity index is 1.02. The smallest absolute Gasteiger partial charge is 0.407 e. The van der Waals surface area contributed by atoms with Crippen molar-refractivity contribution in [3.05, 3.63) is 107 Å². The Morgan fingerprint density at radius 1 is 0.857 bits per heavy atom. The second-order valence-corrected chi connectivity index (χ2v) is 14.6. The number of hydrogen-bond donors (Lipinski definition) is 4. The van der Waals surface area contributed by atoms with E-state index >= 15 is 0 Å². The van der Waals surface area contributed by atoms with Crippen molar-refractivity contribution >= 4 is 28.9 Å². The van der Waals surface area contributed by atoms with Gasteiger partial charge in [0.15, 0.2) is 0 Å². The van der Waals surface area contributed by atoms with Gasteiger partial charge in [0.2, 0.25) is 5.91 Å². The quantitative estimate of drug-likeness (QED) is 0.0946. The Bertz CT molecular complexity index is 2220. The van der Waals surface area contributed by atoms with Gasteiger partial charge >= 0.3 is 6.09 Å². The number of H-pyrrole nitrogens is 2. The minimum absolute atomic E-state index is 0.0767. The molecule has 4 unspecified atom stereocenters. The highest BCUT2D eigenvalue weighted by Crippen LogP contribution is 2.35. The van der Waals surface area contributed by atoms with Crippen LogP contribution < -0.4 is 10.6 Å². The van der Waals surface area contributed by atoms with Crippen LogP contribution in [-0.4, -0.2) is 87.7 Å². The van der Waals surface area contributed by atoms with E-state index in [0.717, 1.165) is 59.2 Å². The van der Waals surface area contributed by atoms with Gasteiger partial charge in [-0.15, -0.1) is 0 Å². The summed E-state index contributed by atoms with van der Waals surface area (Å²) >= 11 is 0. The van der Waals surface area contributed by atoms with Crippen LogP contribution in [0.4, 0.5) is 4.79 Å². The lowest BCUT2D eigenvalue weighted by atomic mass is 10.0. The fourth-order valence-corrected chi connectivity index (χ4v) is 7.69. The Morgan fingerprint density at radius 2 is 1.55 bits per heavy atom. The molecular weight excluding hydrogens is 709 g/mol. The maximum absolute atomic E-state index is 13.8. The molecule has 2 aliphatic rings. The largest absolute Gasteiger partial charge is 0.453 e. The predicted molar refractivity (Wildman–Crippen MR) is 212 cm³/mol. The fraction of sp³-hybridized carbons (Fsp3) is 0.372. The highest BCUT2D eigenvalue weighted by Gasteiger charge is 2.38. The van der Waals surface area contributed by atoms with E-state index in [0.29, 0.717) is 36.9 Å². The lowest BCUT2D eigenvalue weighted by Crippen LogP contribution is -2.49. The molecule has 7 rings (SSSR count). The predicted octanol–water partition coefficient (Wildman–Crippen LogP) is 6.00. The molecule has 0 bridgehead atoms. The number of nitrogens with zero attached hydrogens (tertiary/aromatic N) is 4. The minimum Gasteiger partial charge on any atom is -0.453 e. The number of alkyl carbamates (subject to hydrolysis) is 1. The maximum Gasteiger partial charge on any atom is 0.407 e. The number of methoxy groups -OCH3 is 2. The zero-order valence-electron chi connectivity index (χ0n) is 32.2. The van der Waals surface area contributed by atoms with Crippen molar-refractivity contribution in [1.29, 1.82) is 0 Å². The van der Waals surface area contributed by atoms with Gasteiger partial charge in [0.25, 0.3) is 5.91 Å². The zero-order valence-corrected chi connectivity index (χ0v) is 32.2. The summed E-state index contributed by atoms with van der Waals surface area (Å²) in [7, 11) is 2.89. The fourth-order valence-electron chi connectivity index (χ4n) is 7.69. The molecule has 290 valence electrons. The number of likely N-dealkylation sites (tertiary alicyclic amines) is 2. The SMILES string of the molecule is COCNC(C(=O)N1CCCC1c1nc2ccc(-c3ccc(C#Cc4cnc(C5CCCN5C(=O)C(NC(=O)OC)c5ccccc5)[nH]4)cc3)cc2[nH]1)C(C)C. The van der Waals surface area contributed by atoms with Crippen molar-refractivity contribution in [2.24, 2.45) is 5.92 Å². The Labute approximate surface area is 326 Å². The van der Waals surface area contributed by atoms with Crippen molar-refractivity contribution in [2.45, 2.75) is 63.7 Å². The molecule has 2 aliphatic heterocycles. The van der Waals surface area contributed by atoms with Gasteiger partial charge in [0.1, 0.15) is 23.4 Å². The molecule has 4 N–H and O–H groups in total. The van der Waals surface area contributed by atoms with Gasteiger partial charge in [0.05, 0.1) is 49.2 Å². The van der Waals surface area contributed by atoms with Crippen molar-refractivity contribution in [3.63, 3.8) is 0 Å². The molecule has 2 aromatic heterocycles. The standard InChI is InChI=1S/C43H48N8O5/c1-27(2)37(45-26-55-3)41(52)51-23-9-13-36(51)40-47-33-21-19-31(24-34(33)48-40)29-17-14-28(15-18-29)16-20-32-25-44-39(46-32)35-12-8-22-50(35)42(53)38(49-43(54)56-4)30-10-6-5-7-11-30/h5-7,10-11,14-15,17-19,21,24-25,27,35-38,45H,8-9,12-13,22-23,26H2,1-4H3,(H,44,46)(H,47,48)(H,49,54). The number of hydrogen-bond acceptors (Lipinski definition) is 8. The monoisotopic (exact) mass is 756 g/mol. The van der Waals surface area contributed by atoms with E-state index in [9.17, 15) is 14.4 Å². The molecule has 4 heterocycles. The van der Waals surface area contributed by atoms with E-state index in [2.05, 4.69) is 49.6 Å². The number of benzene rings is 3. The van der Waals surface area contributed by atoms with E-state index in [-0.39, 0.29) is 35.9 Å². The number of aromatic nitrogens is 4. The van der Waals surface area contributed by atoms with Gasteiger partial charge in [0, 0.05) is 25.8 Å². The van der Waals surface area contributed by atoms with Crippen molar-refractivity contribution in [3.8, 4) is 23.0 Å². The van der Waals surface area contributed by atoms with Crippen LogP contribution in [0.1, 0.15) is 86.1 Å². The minimum atomic E-state index is -0.882. The molecule has 0 aliphatic carbocycles. The van der Waals surface area contributed by atoms with Gasteiger partial charge in [-0.05, 0) is 78.5 Å². The first-order valence-corrected chi connectivity index (χ1v) is 19.1. The summed E-state index contributed by atoms with van der Waals surface area (Å²) in [5, 5.41) is 5.94. The Hall–Kier alpha value is -5.97. The van der Waals surface area contributed by atoms with Crippen LogP contribution in [0.25, 0.3) is 22.2 Å². The van der Waals surface area contributed by atoms with Crippen LogP contribution in [0, 0.1) is 17.8 Å². The van der Waals surface area contributed by atoms with Gasteiger partial charge < -0.3 is 34.6 Å². The number of carbonyl (C=O) groups is 3. The molecule has 3 amide bonds. The van der Waals surface area contributed by atoms with Crippen LogP contribution >= 0.6 is 0 Å². The third kappa shape index (κ3) is 8.32. The molecule has 4 atom stereocenters. The van der Waals surface area contributed by atoms with Crippen LogP contribution in [0.5, 0.6) is 0 Å². The number of amides is 3. The summed E-state index contributed by atoms with van der Waals surface area (Å²) in [5.74, 6) is 7.85.